The number of furan rings is 1. The molecule has 0 bridgehead atoms. The first-order valence-electron chi connectivity index (χ1n) is 11.1. The van der Waals surface area contributed by atoms with Crippen molar-refractivity contribution in [1.82, 2.24) is 10.2 Å². The van der Waals surface area contributed by atoms with Crippen molar-refractivity contribution in [2.24, 2.45) is 0 Å². The molecule has 33 heavy (non-hydrogen) atoms. The number of amides is 2. The van der Waals surface area contributed by atoms with Gasteiger partial charge in [-0.15, -0.1) is 0 Å². The van der Waals surface area contributed by atoms with E-state index in [9.17, 15) is 14.0 Å². The third kappa shape index (κ3) is 5.25. The highest BCUT2D eigenvalue weighted by atomic mass is 19.1. The van der Waals surface area contributed by atoms with Gasteiger partial charge in [0, 0.05) is 18.2 Å². The van der Waals surface area contributed by atoms with Crippen LogP contribution in [0.2, 0.25) is 0 Å². The van der Waals surface area contributed by atoms with E-state index in [1.165, 1.54) is 23.3 Å². The molecule has 2 amide bonds. The first-order valence-corrected chi connectivity index (χ1v) is 11.1. The maximum Gasteiger partial charge on any atom is 0.290 e. The third-order valence-electron chi connectivity index (χ3n) is 5.97. The van der Waals surface area contributed by atoms with Crippen LogP contribution in [0.3, 0.4) is 0 Å². The zero-order chi connectivity index (χ0) is 23.2. The molecule has 1 aromatic heterocycles. The molecule has 1 aliphatic carbocycles. The van der Waals surface area contributed by atoms with Gasteiger partial charge in [0.25, 0.3) is 5.91 Å². The molecule has 3 aromatic rings. The summed E-state index contributed by atoms with van der Waals surface area (Å²) in [6, 6.07) is 15.3. The number of nitrogens with one attached hydrogen (secondary N) is 1. The molecule has 0 spiro atoms. The van der Waals surface area contributed by atoms with Crippen LogP contribution < -0.4 is 10.1 Å². The Hall–Kier alpha value is -3.61. The molecule has 6 nitrogen and oxygen atoms in total. The minimum atomic E-state index is -1.16. The second kappa shape index (κ2) is 10.3. The largest absolute Gasteiger partial charge is 0.497 e. The van der Waals surface area contributed by atoms with Crippen molar-refractivity contribution in [3.8, 4) is 5.75 Å². The highest BCUT2D eigenvalue weighted by molar-refractivity contribution is 5.96. The number of ether oxygens (including phenoxy) is 1. The predicted molar refractivity (Wildman–Crippen MR) is 121 cm³/mol. The number of rotatable bonds is 8. The maximum absolute atomic E-state index is 15.0. The van der Waals surface area contributed by atoms with Crippen LogP contribution >= 0.6 is 0 Å². The molecule has 2 aromatic carbocycles. The van der Waals surface area contributed by atoms with Crippen molar-refractivity contribution in [3.05, 3.63) is 89.6 Å². The average molecular weight is 451 g/mol. The first kappa shape index (κ1) is 22.6. The van der Waals surface area contributed by atoms with Crippen molar-refractivity contribution < 1.29 is 23.1 Å². The molecular weight excluding hydrogens is 423 g/mol. The second-order valence-electron chi connectivity index (χ2n) is 8.17. The number of hydrogen-bond acceptors (Lipinski definition) is 4. The van der Waals surface area contributed by atoms with Crippen molar-refractivity contribution >= 4 is 11.8 Å². The molecular formula is C26H27FN2O4. The van der Waals surface area contributed by atoms with E-state index in [0.29, 0.717) is 5.75 Å². The van der Waals surface area contributed by atoms with Gasteiger partial charge in [0.05, 0.1) is 13.4 Å². The van der Waals surface area contributed by atoms with Crippen LogP contribution in [0.25, 0.3) is 0 Å². The summed E-state index contributed by atoms with van der Waals surface area (Å²) in [5, 5.41) is 3.04. The maximum atomic E-state index is 15.0. The molecule has 1 heterocycles. The first-order chi connectivity index (χ1) is 16.1. The van der Waals surface area contributed by atoms with Crippen molar-refractivity contribution in [2.45, 2.75) is 44.3 Å². The van der Waals surface area contributed by atoms with Crippen LogP contribution in [0.5, 0.6) is 5.75 Å². The monoisotopic (exact) mass is 450 g/mol. The minimum Gasteiger partial charge on any atom is -0.497 e. The van der Waals surface area contributed by atoms with E-state index in [1.54, 1.807) is 43.5 Å². The molecule has 1 fully saturated rings. The highest BCUT2D eigenvalue weighted by Gasteiger charge is 2.36. The Morgan fingerprint density at radius 3 is 2.45 bits per heavy atom. The van der Waals surface area contributed by atoms with E-state index in [1.807, 2.05) is 12.1 Å². The molecule has 0 aliphatic heterocycles. The zero-order valence-electron chi connectivity index (χ0n) is 18.5. The summed E-state index contributed by atoms with van der Waals surface area (Å²) in [5.41, 5.74) is 0.909. The molecule has 4 rings (SSSR count). The quantitative estimate of drug-likeness (QED) is 0.532. The number of benzene rings is 2. The topological polar surface area (TPSA) is 71.8 Å². The highest BCUT2D eigenvalue weighted by Crippen LogP contribution is 2.29. The van der Waals surface area contributed by atoms with E-state index < -0.39 is 23.7 Å². The van der Waals surface area contributed by atoms with Crippen molar-refractivity contribution in [3.63, 3.8) is 0 Å². The Morgan fingerprint density at radius 1 is 1.09 bits per heavy atom. The number of nitrogens with zero attached hydrogens (tertiary/aromatic N) is 1. The number of carbonyl (C=O) groups excluding carboxylic acids is 2. The molecule has 0 unspecified atom stereocenters. The Labute approximate surface area is 192 Å². The summed E-state index contributed by atoms with van der Waals surface area (Å²) < 4.78 is 25.5. The van der Waals surface area contributed by atoms with Gasteiger partial charge < -0.3 is 19.4 Å². The zero-order valence-corrected chi connectivity index (χ0v) is 18.5. The van der Waals surface area contributed by atoms with Gasteiger partial charge in [-0.3, -0.25) is 9.59 Å². The molecule has 7 heteroatoms. The molecule has 1 saturated carbocycles. The molecule has 172 valence electrons. The van der Waals surface area contributed by atoms with Gasteiger partial charge in [-0.25, -0.2) is 4.39 Å². The van der Waals surface area contributed by atoms with Crippen LogP contribution in [-0.4, -0.2) is 29.9 Å². The van der Waals surface area contributed by atoms with Gasteiger partial charge in [0.15, 0.2) is 5.76 Å². The number of hydrogen-bond donors (Lipinski definition) is 1. The summed E-state index contributed by atoms with van der Waals surface area (Å²) >= 11 is 0. The van der Waals surface area contributed by atoms with E-state index in [4.69, 9.17) is 9.15 Å². The molecule has 0 saturated heterocycles. The van der Waals surface area contributed by atoms with Gasteiger partial charge in [-0.1, -0.05) is 43.2 Å². The Kier molecular flexibility index (Phi) is 7.07. The lowest BCUT2D eigenvalue weighted by molar-refractivity contribution is -0.127. The lowest BCUT2D eigenvalue weighted by atomic mass is 10.0. The fourth-order valence-corrected chi connectivity index (χ4v) is 4.25. The lowest BCUT2D eigenvalue weighted by Gasteiger charge is -2.32. The van der Waals surface area contributed by atoms with E-state index in [-0.39, 0.29) is 23.9 Å². The summed E-state index contributed by atoms with van der Waals surface area (Å²) in [7, 11) is 1.57. The molecule has 1 atom stereocenters. The predicted octanol–water partition coefficient (Wildman–Crippen LogP) is 4.87. The summed E-state index contributed by atoms with van der Waals surface area (Å²) in [6.07, 6.45) is 5.22. The summed E-state index contributed by atoms with van der Waals surface area (Å²) in [5.74, 6) is -0.687. The third-order valence-corrected chi connectivity index (χ3v) is 5.97. The van der Waals surface area contributed by atoms with E-state index >= 15 is 0 Å². The standard InChI is InChI=1S/C26H27FN2O4/c1-32-20-14-12-18(13-15-20)17-29(26(31)23-11-6-16-33-23)24(21-9-4-5-10-22(21)27)25(30)28-19-7-2-3-8-19/h4-6,9-16,19,24H,2-3,7-8,17H2,1H3,(H,28,30)/t24-/m1/s1. The van der Waals surface area contributed by atoms with Crippen LogP contribution in [0, 0.1) is 5.82 Å². The Bertz CT molecular complexity index is 1080. The average Bonchev–Trinajstić information content (AvgIpc) is 3.54. The fraction of sp³-hybridized carbons (Fsp3) is 0.308. The Morgan fingerprint density at radius 2 is 1.82 bits per heavy atom. The molecule has 0 radical (unpaired) electrons. The number of methoxy groups -OCH3 is 1. The molecule has 1 aliphatic rings. The Balaban J connectivity index is 1.74. The SMILES string of the molecule is COc1ccc(CN(C(=O)c2ccco2)[C@@H](C(=O)NC2CCCC2)c2ccccc2F)cc1. The van der Waals surface area contributed by atoms with Gasteiger partial charge in [0.1, 0.15) is 17.6 Å². The molecule has 1 N–H and O–H groups in total. The second-order valence-corrected chi connectivity index (χ2v) is 8.17. The van der Waals surface area contributed by atoms with E-state index in [2.05, 4.69) is 5.32 Å². The van der Waals surface area contributed by atoms with Crippen molar-refractivity contribution in [1.29, 1.82) is 0 Å². The van der Waals surface area contributed by atoms with Gasteiger partial charge in [-0.2, -0.15) is 0 Å². The smallest absolute Gasteiger partial charge is 0.290 e. The van der Waals surface area contributed by atoms with Gasteiger partial charge in [-0.05, 0) is 48.7 Å². The van der Waals surface area contributed by atoms with Crippen LogP contribution in [0.15, 0.2) is 71.3 Å². The minimum absolute atomic E-state index is 0.0216. The number of carbonyl (C=O) groups is 2. The summed E-state index contributed by atoms with van der Waals surface area (Å²) in [4.78, 5) is 28.4. The summed E-state index contributed by atoms with van der Waals surface area (Å²) in [6.45, 7) is 0.0839. The van der Waals surface area contributed by atoms with Crippen molar-refractivity contribution in [2.75, 3.05) is 7.11 Å². The van der Waals surface area contributed by atoms with Crippen LogP contribution in [0.4, 0.5) is 4.39 Å². The van der Waals surface area contributed by atoms with Crippen LogP contribution in [0.1, 0.15) is 53.4 Å². The normalized spacial score (nSPS) is 14.6. The van der Waals surface area contributed by atoms with Gasteiger partial charge >= 0.3 is 0 Å². The number of halogens is 1. The fourth-order valence-electron chi connectivity index (χ4n) is 4.25. The van der Waals surface area contributed by atoms with E-state index in [0.717, 1.165) is 31.2 Å². The van der Waals surface area contributed by atoms with Gasteiger partial charge in [0.2, 0.25) is 5.91 Å². The van der Waals surface area contributed by atoms with Crippen LogP contribution in [-0.2, 0) is 11.3 Å². The lowest BCUT2D eigenvalue weighted by Crippen LogP contribution is -2.46.